The van der Waals surface area contributed by atoms with E-state index in [1.165, 1.54) is 6.20 Å². The van der Waals surface area contributed by atoms with Crippen LogP contribution < -0.4 is 4.72 Å². The molecule has 1 aliphatic heterocycles. The molecule has 1 fully saturated rings. The molecule has 0 unspecified atom stereocenters. The maximum atomic E-state index is 12.4. The van der Waals surface area contributed by atoms with Crippen LogP contribution in [-0.2, 0) is 21.2 Å². The molecule has 0 bridgehead atoms. The number of sulfonamides is 1. The average molecular weight is 371 g/mol. The smallest absolute Gasteiger partial charge is 0.243 e. The summed E-state index contributed by atoms with van der Waals surface area (Å²) < 4.78 is 34.5. The Morgan fingerprint density at radius 2 is 2.12 bits per heavy atom. The van der Waals surface area contributed by atoms with Crippen LogP contribution in [0.25, 0.3) is 0 Å². The largest absolute Gasteiger partial charge is 0.381 e. The average Bonchev–Trinajstić information content (AvgIpc) is 3.16. The van der Waals surface area contributed by atoms with Crippen molar-refractivity contribution in [1.29, 1.82) is 0 Å². The number of hydrogen-bond acceptors (Lipinski definition) is 6. The molecular weight excluding hydrogens is 348 g/mol. The number of aryl methyl sites for hydroxylation is 2. The number of aromatic nitrogens is 3. The molecule has 0 aliphatic carbocycles. The predicted octanol–water partition coefficient (Wildman–Crippen LogP) is 1.83. The topological polar surface area (TPSA) is 86.1 Å². The third-order valence-corrected chi connectivity index (χ3v) is 6.65. The standard InChI is InChI=1S/C15H22N4O3S2/c1-11-15(23-12(2)18-11)3-6-17-24(20,21)14-9-16-19(10-14)13-4-7-22-8-5-13/h9-10,13,17H,3-8H2,1-2H3. The summed E-state index contributed by atoms with van der Waals surface area (Å²) in [6.07, 6.45) is 5.39. The van der Waals surface area contributed by atoms with E-state index in [0.29, 0.717) is 26.2 Å². The van der Waals surface area contributed by atoms with Crippen LogP contribution in [0.1, 0.15) is 34.5 Å². The van der Waals surface area contributed by atoms with E-state index in [-0.39, 0.29) is 10.9 Å². The third-order valence-electron chi connectivity index (χ3n) is 4.10. The predicted molar refractivity (Wildman–Crippen MR) is 91.8 cm³/mol. The molecular formula is C15H22N4O3S2. The highest BCUT2D eigenvalue weighted by Crippen LogP contribution is 2.21. The van der Waals surface area contributed by atoms with E-state index < -0.39 is 10.0 Å². The second kappa shape index (κ2) is 7.30. The molecule has 7 nitrogen and oxygen atoms in total. The van der Waals surface area contributed by atoms with Crippen molar-refractivity contribution in [3.63, 3.8) is 0 Å². The van der Waals surface area contributed by atoms with Gasteiger partial charge in [-0.15, -0.1) is 11.3 Å². The fourth-order valence-electron chi connectivity index (χ4n) is 2.80. The molecule has 3 heterocycles. The van der Waals surface area contributed by atoms with Gasteiger partial charge in [0.05, 0.1) is 22.9 Å². The van der Waals surface area contributed by atoms with Crippen molar-refractivity contribution < 1.29 is 13.2 Å². The van der Waals surface area contributed by atoms with Crippen molar-refractivity contribution in [3.8, 4) is 0 Å². The van der Waals surface area contributed by atoms with E-state index in [9.17, 15) is 8.42 Å². The van der Waals surface area contributed by atoms with Gasteiger partial charge in [-0.2, -0.15) is 5.10 Å². The number of thiazole rings is 1. The van der Waals surface area contributed by atoms with Gasteiger partial charge in [0.25, 0.3) is 0 Å². The number of rotatable bonds is 6. The zero-order valence-corrected chi connectivity index (χ0v) is 15.5. The molecule has 1 aliphatic rings. The molecule has 1 N–H and O–H groups in total. The minimum Gasteiger partial charge on any atom is -0.381 e. The molecule has 0 atom stereocenters. The van der Waals surface area contributed by atoms with E-state index >= 15 is 0 Å². The van der Waals surface area contributed by atoms with Gasteiger partial charge in [-0.3, -0.25) is 4.68 Å². The first kappa shape index (κ1) is 17.5. The normalized spacial score (nSPS) is 16.6. The minimum absolute atomic E-state index is 0.213. The maximum absolute atomic E-state index is 12.4. The van der Waals surface area contributed by atoms with Crippen LogP contribution in [0.2, 0.25) is 0 Å². The molecule has 24 heavy (non-hydrogen) atoms. The van der Waals surface area contributed by atoms with Crippen molar-refractivity contribution in [2.24, 2.45) is 0 Å². The van der Waals surface area contributed by atoms with Crippen LogP contribution in [0, 0.1) is 13.8 Å². The quantitative estimate of drug-likeness (QED) is 0.838. The van der Waals surface area contributed by atoms with Gasteiger partial charge in [0.15, 0.2) is 0 Å². The maximum Gasteiger partial charge on any atom is 0.243 e. The van der Waals surface area contributed by atoms with Gasteiger partial charge < -0.3 is 4.74 Å². The van der Waals surface area contributed by atoms with Crippen LogP contribution >= 0.6 is 11.3 Å². The molecule has 2 aromatic rings. The third kappa shape index (κ3) is 4.02. The van der Waals surface area contributed by atoms with Gasteiger partial charge in [-0.25, -0.2) is 18.1 Å². The highest BCUT2D eigenvalue weighted by Gasteiger charge is 2.21. The fraction of sp³-hybridized carbons (Fsp3) is 0.600. The molecule has 9 heteroatoms. The van der Waals surface area contributed by atoms with E-state index in [4.69, 9.17) is 4.74 Å². The Hall–Kier alpha value is -1.29. The Balaban J connectivity index is 1.60. The van der Waals surface area contributed by atoms with Crippen LogP contribution in [0.5, 0.6) is 0 Å². The molecule has 3 rings (SSSR count). The fourth-order valence-corrected chi connectivity index (χ4v) is 4.70. The van der Waals surface area contributed by atoms with E-state index in [2.05, 4.69) is 14.8 Å². The lowest BCUT2D eigenvalue weighted by Crippen LogP contribution is -2.26. The van der Waals surface area contributed by atoms with E-state index in [1.54, 1.807) is 22.2 Å². The Kier molecular flexibility index (Phi) is 5.33. The zero-order valence-electron chi connectivity index (χ0n) is 13.9. The van der Waals surface area contributed by atoms with Gasteiger partial charge in [-0.05, 0) is 33.1 Å². The lowest BCUT2D eigenvalue weighted by molar-refractivity contribution is 0.0662. The molecule has 1 saturated heterocycles. The molecule has 0 aromatic carbocycles. The van der Waals surface area contributed by atoms with Gasteiger partial charge >= 0.3 is 0 Å². The highest BCUT2D eigenvalue weighted by molar-refractivity contribution is 7.89. The molecule has 2 aromatic heterocycles. The van der Waals surface area contributed by atoms with Crippen molar-refractivity contribution in [1.82, 2.24) is 19.5 Å². The molecule has 0 radical (unpaired) electrons. The summed E-state index contributed by atoms with van der Waals surface area (Å²) in [6.45, 7) is 5.64. The first-order valence-corrected chi connectivity index (χ1v) is 10.3. The monoisotopic (exact) mass is 370 g/mol. The summed E-state index contributed by atoms with van der Waals surface area (Å²) in [7, 11) is -3.53. The Morgan fingerprint density at radius 1 is 1.38 bits per heavy atom. The van der Waals surface area contributed by atoms with Crippen molar-refractivity contribution in [2.75, 3.05) is 19.8 Å². The Morgan fingerprint density at radius 3 is 2.79 bits per heavy atom. The number of hydrogen-bond donors (Lipinski definition) is 1. The summed E-state index contributed by atoms with van der Waals surface area (Å²) in [4.78, 5) is 5.69. The molecule has 0 spiro atoms. The minimum atomic E-state index is -3.53. The first-order valence-electron chi connectivity index (χ1n) is 8.00. The lowest BCUT2D eigenvalue weighted by Gasteiger charge is -2.22. The SMILES string of the molecule is Cc1nc(C)c(CCNS(=O)(=O)c2cnn(C3CCOCC3)c2)s1. The second-order valence-corrected chi connectivity index (χ2v) is 8.94. The van der Waals surface area contributed by atoms with Crippen molar-refractivity contribution >= 4 is 21.4 Å². The van der Waals surface area contributed by atoms with E-state index in [1.807, 2.05) is 13.8 Å². The number of nitrogens with zero attached hydrogens (tertiary/aromatic N) is 3. The first-order chi connectivity index (χ1) is 11.5. The zero-order chi connectivity index (χ0) is 17.2. The molecule has 132 valence electrons. The van der Waals surface area contributed by atoms with E-state index in [0.717, 1.165) is 28.4 Å². The van der Waals surface area contributed by atoms with Crippen molar-refractivity contribution in [2.45, 2.75) is 44.0 Å². The van der Waals surface area contributed by atoms with Gasteiger partial charge in [-0.1, -0.05) is 0 Å². The summed E-state index contributed by atoms with van der Waals surface area (Å²) >= 11 is 1.61. The molecule has 0 saturated carbocycles. The second-order valence-electron chi connectivity index (χ2n) is 5.89. The molecule has 0 amide bonds. The highest BCUT2D eigenvalue weighted by atomic mass is 32.2. The number of ether oxygens (including phenoxy) is 1. The van der Waals surface area contributed by atoms with Crippen molar-refractivity contribution in [3.05, 3.63) is 28.0 Å². The summed E-state index contributed by atoms with van der Waals surface area (Å²) in [6, 6.07) is 0.213. The Bertz CT molecular complexity index is 792. The number of nitrogens with one attached hydrogen (secondary N) is 1. The van der Waals surface area contributed by atoms with Crippen LogP contribution in [-0.4, -0.2) is 42.9 Å². The van der Waals surface area contributed by atoms with Crippen LogP contribution in [0.4, 0.5) is 0 Å². The van der Waals surface area contributed by atoms with Gasteiger partial charge in [0, 0.05) is 30.8 Å². The summed E-state index contributed by atoms with van der Waals surface area (Å²) in [5.74, 6) is 0. The summed E-state index contributed by atoms with van der Waals surface area (Å²) in [5, 5.41) is 5.23. The Labute approximate surface area is 146 Å². The van der Waals surface area contributed by atoms with Gasteiger partial charge in [0.1, 0.15) is 4.90 Å². The van der Waals surface area contributed by atoms with Crippen LogP contribution in [0.15, 0.2) is 17.3 Å². The van der Waals surface area contributed by atoms with Crippen LogP contribution in [0.3, 0.4) is 0 Å². The van der Waals surface area contributed by atoms with Gasteiger partial charge in [0.2, 0.25) is 10.0 Å². The summed E-state index contributed by atoms with van der Waals surface area (Å²) in [5.41, 5.74) is 0.976. The lowest BCUT2D eigenvalue weighted by atomic mass is 10.1.